The van der Waals surface area contributed by atoms with Gasteiger partial charge < -0.3 is 9.11 Å². The number of quaternary nitrogens is 2. The fourth-order valence-electron chi connectivity index (χ4n) is 7.43. The third-order valence-corrected chi connectivity index (χ3v) is 11.8. The van der Waals surface area contributed by atoms with Gasteiger partial charge in [-0.05, 0) is 67.2 Å². The molecule has 0 amide bonds. The van der Waals surface area contributed by atoms with Crippen LogP contribution in [0.4, 0.5) is 0 Å². The van der Waals surface area contributed by atoms with Crippen LogP contribution in [-0.4, -0.2) is 75.5 Å². The molecule has 0 saturated heterocycles. The van der Waals surface area contributed by atoms with E-state index in [9.17, 15) is 10.4 Å². The first kappa shape index (κ1) is 59.0. The molecule has 0 aliphatic carbocycles. The van der Waals surface area contributed by atoms with E-state index in [4.69, 9.17) is 17.5 Å². The number of hydroxylamine groups is 6. The minimum Gasteiger partial charge on any atom is -0.759 e. The van der Waals surface area contributed by atoms with Crippen molar-refractivity contribution < 1.29 is 37.2 Å². The summed E-state index contributed by atoms with van der Waals surface area (Å²) in [6.07, 6.45) is 44.9. The van der Waals surface area contributed by atoms with E-state index in [0.717, 1.165) is 26.2 Å². The molecule has 336 valence electrons. The van der Waals surface area contributed by atoms with Crippen LogP contribution in [0.3, 0.4) is 0 Å². The van der Waals surface area contributed by atoms with Crippen LogP contribution >= 0.6 is 0 Å². The first-order valence-electron chi connectivity index (χ1n) is 24.0. The molecule has 0 spiro atoms. The molecule has 2 atom stereocenters. The summed E-state index contributed by atoms with van der Waals surface area (Å²) in [6, 6.07) is 0.641. The second-order valence-electron chi connectivity index (χ2n) is 17.3. The molecule has 0 aromatic heterocycles. The smallest absolute Gasteiger partial charge is 0.113 e. The maximum Gasteiger partial charge on any atom is 0.113 e. The van der Waals surface area contributed by atoms with E-state index in [1.807, 2.05) is 0 Å². The molecule has 8 nitrogen and oxygen atoms in total. The van der Waals surface area contributed by atoms with Crippen LogP contribution in [0, 0.1) is 0 Å². The molecule has 9 heteroatoms. The van der Waals surface area contributed by atoms with Crippen molar-refractivity contribution in [2.45, 2.75) is 273 Å². The largest absolute Gasteiger partial charge is 0.759 e. The quantitative estimate of drug-likeness (QED) is 0.0211. The van der Waals surface area contributed by atoms with Crippen molar-refractivity contribution in [3.8, 4) is 0 Å². The van der Waals surface area contributed by atoms with Gasteiger partial charge in [0.15, 0.2) is 0 Å². The van der Waals surface area contributed by atoms with E-state index in [0.29, 0.717) is 12.1 Å². The highest BCUT2D eigenvalue weighted by Crippen LogP contribution is 2.17. The van der Waals surface area contributed by atoms with Crippen molar-refractivity contribution in [1.29, 1.82) is 0 Å². The van der Waals surface area contributed by atoms with Crippen molar-refractivity contribution >= 4 is 10.4 Å². The Morgan fingerprint density at radius 3 is 0.636 bits per heavy atom. The summed E-state index contributed by atoms with van der Waals surface area (Å²) in [5, 5.41) is 20.9. The SMILES string of the molecule is CCCCCCCCCCCCCCCCCC[N+](O)(CC)C(C)C.CCCCCCCCCCCCCCCCCC[N+](O)(CC)C(C)C.O=S(=O)([O-])[O-]. The average molecular weight is 809 g/mol. The first-order valence-corrected chi connectivity index (χ1v) is 25.3. The molecule has 0 heterocycles. The number of unbranched alkanes of at least 4 members (excludes halogenated alkanes) is 30. The van der Waals surface area contributed by atoms with Crippen LogP contribution in [0.1, 0.15) is 261 Å². The van der Waals surface area contributed by atoms with E-state index in [2.05, 4.69) is 55.4 Å². The van der Waals surface area contributed by atoms with Gasteiger partial charge in [-0.2, -0.15) is 9.29 Å². The lowest BCUT2D eigenvalue weighted by molar-refractivity contribution is -1.12. The lowest BCUT2D eigenvalue weighted by Crippen LogP contribution is -2.50. The second kappa shape index (κ2) is 41.9. The van der Waals surface area contributed by atoms with Gasteiger partial charge in [-0.1, -0.05) is 194 Å². The standard InChI is InChI=1S/2C23H50NO.H2O4S/c2*1-5-7-8-9-10-11-12-13-14-15-16-17-18-19-20-21-22-24(25,6-2)23(3)4;1-5(2,3)4/h2*23,25H,5-22H2,1-4H3;(H2,1,2,3,4)/q2*+1;/p-2. The number of hydrogen-bond donors (Lipinski definition) is 2. The van der Waals surface area contributed by atoms with Crippen LogP contribution in [0.15, 0.2) is 0 Å². The summed E-state index contributed by atoms with van der Waals surface area (Å²) < 4.78 is 34.6. The molecular formula is C46H100N2O6S. The first-order chi connectivity index (χ1) is 26.1. The summed E-state index contributed by atoms with van der Waals surface area (Å²) in [5.41, 5.74) is 0. The van der Waals surface area contributed by atoms with Crippen molar-refractivity contribution in [3.05, 3.63) is 0 Å². The Balaban J connectivity index is -0.000000874. The van der Waals surface area contributed by atoms with E-state index >= 15 is 0 Å². The number of hydrogen-bond acceptors (Lipinski definition) is 6. The predicted molar refractivity (Wildman–Crippen MR) is 235 cm³/mol. The highest BCUT2D eigenvalue weighted by atomic mass is 32.3. The molecule has 0 saturated carbocycles. The van der Waals surface area contributed by atoms with Gasteiger partial charge in [0.1, 0.15) is 38.3 Å². The Bertz CT molecular complexity index is 797. The van der Waals surface area contributed by atoms with Crippen LogP contribution in [0.5, 0.6) is 0 Å². The summed E-state index contributed by atoms with van der Waals surface area (Å²) in [5.74, 6) is 0. The second-order valence-corrected chi connectivity index (χ2v) is 18.1. The maximum atomic E-state index is 10.5. The molecular weight excluding hydrogens is 709 g/mol. The Labute approximate surface area is 345 Å². The number of nitrogens with zero attached hydrogens (tertiary/aromatic N) is 2. The Kier molecular flexibility index (Phi) is 44.9. The molecule has 2 unspecified atom stereocenters. The molecule has 2 N–H and O–H groups in total. The summed E-state index contributed by atoms with van der Waals surface area (Å²) in [7, 11) is -5.17. The Hall–Kier alpha value is -0.290. The monoisotopic (exact) mass is 809 g/mol. The molecule has 0 aromatic rings. The molecule has 0 bridgehead atoms. The fraction of sp³-hybridized carbons (Fsp3) is 1.00. The lowest BCUT2D eigenvalue weighted by atomic mass is 10.0. The Morgan fingerprint density at radius 2 is 0.509 bits per heavy atom. The molecule has 0 radical (unpaired) electrons. The fourth-order valence-corrected chi connectivity index (χ4v) is 7.43. The van der Waals surface area contributed by atoms with Gasteiger partial charge >= 0.3 is 0 Å². The van der Waals surface area contributed by atoms with Crippen molar-refractivity contribution in [2.24, 2.45) is 0 Å². The van der Waals surface area contributed by atoms with Gasteiger partial charge in [-0.3, -0.25) is 8.42 Å². The van der Waals surface area contributed by atoms with E-state index in [1.54, 1.807) is 0 Å². The third-order valence-electron chi connectivity index (χ3n) is 11.8. The Morgan fingerprint density at radius 1 is 0.364 bits per heavy atom. The highest BCUT2D eigenvalue weighted by molar-refractivity contribution is 7.79. The molecule has 0 rings (SSSR count). The minimum absolute atomic E-state index is 0.249. The van der Waals surface area contributed by atoms with Crippen LogP contribution in [0.2, 0.25) is 0 Å². The van der Waals surface area contributed by atoms with E-state index in [1.165, 1.54) is 205 Å². The van der Waals surface area contributed by atoms with Crippen molar-refractivity contribution in [1.82, 2.24) is 0 Å². The van der Waals surface area contributed by atoms with E-state index < -0.39 is 10.4 Å². The van der Waals surface area contributed by atoms with Gasteiger partial charge in [-0.15, -0.1) is 0 Å². The zero-order valence-corrected chi connectivity index (χ0v) is 39.3. The van der Waals surface area contributed by atoms with Gasteiger partial charge in [0.05, 0.1) is 0 Å². The summed E-state index contributed by atoms with van der Waals surface area (Å²) in [6.45, 7) is 20.7. The van der Waals surface area contributed by atoms with Crippen molar-refractivity contribution in [2.75, 3.05) is 26.2 Å². The lowest BCUT2D eigenvalue weighted by Gasteiger charge is -2.33. The molecule has 0 aliphatic rings. The maximum absolute atomic E-state index is 10.5. The third kappa shape index (κ3) is 46.3. The van der Waals surface area contributed by atoms with Crippen LogP contribution in [-0.2, 0) is 10.4 Å². The normalized spacial score (nSPS) is 13.9. The molecule has 0 aliphatic heterocycles. The average Bonchev–Trinajstić information content (AvgIpc) is 3.13. The summed E-state index contributed by atoms with van der Waals surface area (Å²) in [4.78, 5) is 0. The highest BCUT2D eigenvalue weighted by Gasteiger charge is 2.27. The molecule has 0 fully saturated rings. The molecule has 0 aromatic carbocycles. The topological polar surface area (TPSA) is 121 Å². The van der Waals surface area contributed by atoms with Gasteiger partial charge in [0, 0.05) is 10.4 Å². The van der Waals surface area contributed by atoms with Gasteiger partial charge in [0.25, 0.3) is 0 Å². The van der Waals surface area contributed by atoms with Gasteiger partial charge in [0.2, 0.25) is 0 Å². The van der Waals surface area contributed by atoms with Crippen LogP contribution in [0.25, 0.3) is 0 Å². The van der Waals surface area contributed by atoms with Crippen molar-refractivity contribution in [3.63, 3.8) is 0 Å². The van der Waals surface area contributed by atoms with Crippen LogP contribution < -0.4 is 0 Å². The predicted octanol–water partition coefficient (Wildman–Crippen LogP) is 14.4. The zero-order valence-electron chi connectivity index (χ0n) is 38.4. The minimum atomic E-state index is -5.17. The number of rotatable bonds is 38. The summed E-state index contributed by atoms with van der Waals surface area (Å²) >= 11 is 0. The van der Waals surface area contributed by atoms with Gasteiger partial charge in [-0.25, -0.2) is 10.4 Å². The van der Waals surface area contributed by atoms with E-state index in [-0.39, 0.29) is 9.29 Å². The zero-order chi connectivity index (χ0) is 42.1. The molecule has 55 heavy (non-hydrogen) atoms.